The Bertz CT molecular complexity index is 910. The predicted molar refractivity (Wildman–Crippen MR) is 114 cm³/mol. The summed E-state index contributed by atoms with van der Waals surface area (Å²) in [6.07, 6.45) is 2.32. The maximum Gasteiger partial charge on any atom is 0.257 e. The number of amides is 1. The molecule has 154 valence electrons. The summed E-state index contributed by atoms with van der Waals surface area (Å²) in [6, 6.07) is 9.18. The third-order valence-corrected chi connectivity index (χ3v) is 4.99. The van der Waals surface area contributed by atoms with E-state index in [1.54, 1.807) is 18.2 Å². The van der Waals surface area contributed by atoms with Crippen LogP contribution in [0, 0.1) is 11.6 Å². The lowest BCUT2D eigenvalue weighted by Gasteiger charge is -2.18. The Hall–Kier alpha value is -2.93. The monoisotopic (exact) mass is 400 g/mol. The molecule has 1 aliphatic heterocycles. The summed E-state index contributed by atoms with van der Waals surface area (Å²) in [7, 11) is 0. The van der Waals surface area contributed by atoms with E-state index in [0.29, 0.717) is 23.6 Å². The van der Waals surface area contributed by atoms with Crippen LogP contribution in [0.2, 0.25) is 0 Å². The number of halogens is 2. The van der Waals surface area contributed by atoms with Gasteiger partial charge in [-0.3, -0.25) is 4.79 Å². The minimum absolute atomic E-state index is 0.178. The van der Waals surface area contributed by atoms with Crippen LogP contribution in [-0.4, -0.2) is 37.0 Å². The lowest BCUT2D eigenvalue weighted by Crippen LogP contribution is -2.25. The summed E-state index contributed by atoms with van der Waals surface area (Å²) in [6.45, 7) is 7.91. The number of benzene rings is 2. The molecule has 2 aromatic carbocycles. The highest BCUT2D eigenvalue weighted by atomic mass is 19.1. The molecule has 0 aromatic heterocycles. The SMILES string of the molecule is CCN(CC)CCCNc1ccc(NC=C2C(=O)Nc3cccc(F)c32)cc1F. The van der Waals surface area contributed by atoms with Crippen molar-refractivity contribution in [1.82, 2.24) is 4.90 Å². The zero-order valence-corrected chi connectivity index (χ0v) is 16.7. The van der Waals surface area contributed by atoms with E-state index in [1.165, 1.54) is 24.4 Å². The quantitative estimate of drug-likeness (QED) is 0.428. The van der Waals surface area contributed by atoms with Crippen molar-refractivity contribution < 1.29 is 13.6 Å². The van der Waals surface area contributed by atoms with Crippen LogP contribution in [0.3, 0.4) is 0 Å². The van der Waals surface area contributed by atoms with Crippen LogP contribution < -0.4 is 16.0 Å². The largest absolute Gasteiger partial charge is 0.383 e. The van der Waals surface area contributed by atoms with Gasteiger partial charge < -0.3 is 20.9 Å². The van der Waals surface area contributed by atoms with Gasteiger partial charge in [0.15, 0.2) is 0 Å². The van der Waals surface area contributed by atoms with E-state index in [4.69, 9.17) is 0 Å². The van der Waals surface area contributed by atoms with Crippen LogP contribution in [-0.2, 0) is 4.79 Å². The van der Waals surface area contributed by atoms with Gasteiger partial charge in [-0.2, -0.15) is 0 Å². The molecule has 0 spiro atoms. The van der Waals surface area contributed by atoms with Crippen LogP contribution in [0.15, 0.2) is 42.6 Å². The van der Waals surface area contributed by atoms with Gasteiger partial charge in [0, 0.05) is 24.0 Å². The number of nitrogens with one attached hydrogen (secondary N) is 3. The fourth-order valence-electron chi connectivity index (χ4n) is 3.31. The van der Waals surface area contributed by atoms with Gasteiger partial charge >= 0.3 is 0 Å². The van der Waals surface area contributed by atoms with E-state index in [2.05, 4.69) is 34.7 Å². The van der Waals surface area contributed by atoms with Crippen molar-refractivity contribution in [2.45, 2.75) is 20.3 Å². The Morgan fingerprint density at radius 2 is 1.90 bits per heavy atom. The normalized spacial score (nSPS) is 14.2. The molecule has 0 unspecified atom stereocenters. The van der Waals surface area contributed by atoms with Crippen LogP contribution in [0.4, 0.5) is 25.8 Å². The first-order valence-corrected chi connectivity index (χ1v) is 9.86. The van der Waals surface area contributed by atoms with Crippen molar-refractivity contribution in [3.8, 4) is 0 Å². The predicted octanol–water partition coefficient (Wildman–Crippen LogP) is 4.51. The Morgan fingerprint density at radius 3 is 2.62 bits per heavy atom. The first-order valence-electron chi connectivity index (χ1n) is 9.86. The summed E-state index contributed by atoms with van der Waals surface area (Å²) in [5.74, 6) is -1.27. The van der Waals surface area contributed by atoms with E-state index in [0.717, 1.165) is 26.1 Å². The number of rotatable bonds is 9. The van der Waals surface area contributed by atoms with E-state index in [9.17, 15) is 13.6 Å². The van der Waals surface area contributed by atoms with Gasteiger partial charge in [0.2, 0.25) is 0 Å². The van der Waals surface area contributed by atoms with E-state index in [1.807, 2.05) is 0 Å². The Balaban J connectivity index is 1.62. The van der Waals surface area contributed by atoms with E-state index < -0.39 is 17.5 Å². The maximum atomic E-state index is 14.4. The summed E-state index contributed by atoms with van der Waals surface area (Å²) >= 11 is 0. The molecular weight excluding hydrogens is 374 g/mol. The fraction of sp³-hybridized carbons (Fsp3) is 0.318. The average molecular weight is 400 g/mol. The molecule has 1 heterocycles. The van der Waals surface area contributed by atoms with Gasteiger partial charge in [0.05, 0.1) is 16.9 Å². The number of hydrogen-bond acceptors (Lipinski definition) is 4. The molecule has 3 rings (SSSR count). The number of carbonyl (C=O) groups is 1. The molecule has 0 atom stereocenters. The first-order chi connectivity index (χ1) is 14.0. The molecule has 2 aromatic rings. The second-order valence-electron chi connectivity index (χ2n) is 6.82. The topological polar surface area (TPSA) is 56.4 Å². The molecule has 0 saturated carbocycles. The Morgan fingerprint density at radius 1 is 1.10 bits per heavy atom. The average Bonchev–Trinajstić information content (AvgIpc) is 3.04. The van der Waals surface area contributed by atoms with Gasteiger partial charge in [-0.25, -0.2) is 8.78 Å². The van der Waals surface area contributed by atoms with Gasteiger partial charge in [-0.1, -0.05) is 19.9 Å². The van der Waals surface area contributed by atoms with Gasteiger partial charge in [0.1, 0.15) is 11.6 Å². The van der Waals surface area contributed by atoms with Crippen LogP contribution in [0.5, 0.6) is 0 Å². The number of carbonyl (C=O) groups excluding carboxylic acids is 1. The van der Waals surface area contributed by atoms with Crippen molar-refractivity contribution in [1.29, 1.82) is 0 Å². The highest BCUT2D eigenvalue weighted by Gasteiger charge is 2.27. The summed E-state index contributed by atoms with van der Waals surface area (Å²) in [5, 5.41) is 8.61. The fourth-order valence-corrected chi connectivity index (χ4v) is 3.31. The highest BCUT2D eigenvalue weighted by molar-refractivity contribution is 6.31. The molecule has 0 bridgehead atoms. The number of nitrogens with zero attached hydrogens (tertiary/aromatic N) is 1. The molecule has 0 fully saturated rings. The zero-order chi connectivity index (χ0) is 20.8. The maximum absolute atomic E-state index is 14.4. The minimum atomic E-state index is -0.482. The van der Waals surface area contributed by atoms with Crippen molar-refractivity contribution in [2.24, 2.45) is 0 Å². The lowest BCUT2D eigenvalue weighted by atomic mass is 10.1. The molecule has 7 heteroatoms. The third-order valence-electron chi connectivity index (χ3n) is 4.99. The van der Waals surface area contributed by atoms with Crippen molar-refractivity contribution in [3.63, 3.8) is 0 Å². The molecule has 0 saturated heterocycles. The van der Waals surface area contributed by atoms with Gasteiger partial charge in [-0.15, -0.1) is 0 Å². The van der Waals surface area contributed by atoms with E-state index in [-0.39, 0.29) is 11.1 Å². The Kier molecular flexibility index (Phi) is 6.82. The molecule has 1 aliphatic rings. The molecule has 3 N–H and O–H groups in total. The van der Waals surface area contributed by atoms with Crippen molar-refractivity contribution in [3.05, 3.63) is 59.8 Å². The van der Waals surface area contributed by atoms with Gasteiger partial charge in [0.25, 0.3) is 5.91 Å². The first kappa shape index (κ1) is 20.8. The van der Waals surface area contributed by atoms with Crippen molar-refractivity contribution in [2.75, 3.05) is 42.1 Å². The zero-order valence-electron chi connectivity index (χ0n) is 16.7. The number of hydrogen-bond donors (Lipinski definition) is 3. The smallest absolute Gasteiger partial charge is 0.257 e. The second-order valence-corrected chi connectivity index (χ2v) is 6.82. The second kappa shape index (κ2) is 9.52. The highest BCUT2D eigenvalue weighted by Crippen LogP contribution is 2.33. The molecule has 29 heavy (non-hydrogen) atoms. The number of anilines is 3. The lowest BCUT2D eigenvalue weighted by molar-refractivity contribution is -0.110. The molecule has 0 radical (unpaired) electrons. The van der Waals surface area contributed by atoms with E-state index >= 15 is 0 Å². The standard InChI is InChI=1S/C22H26F2N4O/c1-3-28(4-2)12-6-11-25-19-10-9-15(13-18(19)24)26-14-16-21-17(23)7-5-8-20(21)27-22(16)29/h5,7-10,13-14,25-26H,3-4,6,11-12H2,1-2H3,(H,27,29). The number of fused-ring (bicyclic) bond motifs is 1. The van der Waals surface area contributed by atoms with Crippen molar-refractivity contribution >= 4 is 28.5 Å². The molecule has 0 aliphatic carbocycles. The van der Waals surface area contributed by atoms with Crippen LogP contribution in [0.25, 0.3) is 5.57 Å². The van der Waals surface area contributed by atoms with Gasteiger partial charge in [-0.05, 0) is 56.4 Å². The summed E-state index contributed by atoms with van der Waals surface area (Å²) in [5.41, 5.74) is 1.73. The molecule has 1 amide bonds. The van der Waals surface area contributed by atoms with Crippen LogP contribution >= 0.6 is 0 Å². The Labute approximate surface area is 169 Å². The molecule has 5 nitrogen and oxygen atoms in total. The summed E-state index contributed by atoms with van der Waals surface area (Å²) in [4.78, 5) is 14.4. The minimum Gasteiger partial charge on any atom is -0.383 e. The summed E-state index contributed by atoms with van der Waals surface area (Å²) < 4.78 is 28.4. The molecular formula is C22H26F2N4O. The van der Waals surface area contributed by atoms with Crippen LogP contribution in [0.1, 0.15) is 25.8 Å². The third kappa shape index (κ3) is 4.92.